The quantitative estimate of drug-likeness (QED) is 0.778. The zero-order valence-electron chi connectivity index (χ0n) is 14.7. The van der Waals surface area contributed by atoms with Gasteiger partial charge in [-0.1, -0.05) is 0 Å². The van der Waals surface area contributed by atoms with E-state index in [2.05, 4.69) is 37.2 Å². The van der Waals surface area contributed by atoms with E-state index in [-0.39, 0.29) is 5.54 Å². The number of fused-ring (bicyclic) bond motifs is 1. The zero-order valence-corrected chi connectivity index (χ0v) is 14.7. The van der Waals surface area contributed by atoms with E-state index in [1.165, 1.54) is 0 Å². The monoisotopic (exact) mass is 349 g/mol. The summed E-state index contributed by atoms with van der Waals surface area (Å²) in [6, 6.07) is 3.87. The average molecular weight is 349 g/mol. The van der Waals surface area contributed by atoms with Crippen LogP contribution in [-0.4, -0.2) is 43.7 Å². The van der Waals surface area contributed by atoms with Crippen molar-refractivity contribution in [2.45, 2.75) is 25.3 Å². The molecule has 0 unspecified atom stereocenters. The highest BCUT2D eigenvalue weighted by Crippen LogP contribution is 2.48. The van der Waals surface area contributed by atoms with Crippen molar-refractivity contribution in [1.29, 1.82) is 0 Å². The van der Waals surface area contributed by atoms with Crippen LogP contribution in [0.4, 0.5) is 17.6 Å². The van der Waals surface area contributed by atoms with E-state index < -0.39 is 0 Å². The molecule has 1 fully saturated rings. The summed E-state index contributed by atoms with van der Waals surface area (Å²) in [4.78, 5) is 19.9. The molecule has 3 aromatic rings. The number of hydrogen-bond acceptors (Lipinski definition) is 7. The van der Waals surface area contributed by atoms with Gasteiger partial charge in [0.2, 0.25) is 5.95 Å². The predicted octanol–water partition coefficient (Wildman–Crippen LogP) is 2.47. The number of aryl methyl sites for hydroxylation is 1. The minimum atomic E-state index is 0.126. The minimum absolute atomic E-state index is 0.126. The van der Waals surface area contributed by atoms with Crippen LogP contribution in [0.3, 0.4) is 0 Å². The summed E-state index contributed by atoms with van der Waals surface area (Å²) < 4.78 is 7.76. The summed E-state index contributed by atoms with van der Waals surface area (Å²) in [6.07, 6.45) is 9.53. The Morgan fingerprint density at radius 1 is 1.15 bits per heavy atom. The van der Waals surface area contributed by atoms with Gasteiger partial charge in [-0.3, -0.25) is 0 Å². The van der Waals surface area contributed by atoms with Crippen molar-refractivity contribution in [2.75, 3.05) is 23.9 Å². The average Bonchev–Trinajstić information content (AvgIpc) is 3.32. The summed E-state index contributed by atoms with van der Waals surface area (Å²) in [5.74, 6) is 2.76. The fraction of sp³-hybridized carbons (Fsp3) is 0.333. The molecule has 0 atom stereocenters. The largest absolute Gasteiger partial charge is 0.486 e. The zero-order chi connectivity index (χ0) is 17.7. The Morgan fingerprint density at radius 2 is 2.04 bits per heavy atom. The van der Waals surface area contributed by atoms with Crippen LogP contribution in [0.25, 0.3) is 5.69 Å². The molecule has 2 aliphatic rings. The molecule has 1 spiro atoms. The number of hydrogen-bond donors (Lipinski definition) is 1. The number of rotatable bonds is 3. The molecule has 0 amide bonds. The van der Waals surface area contributed by atoms with Gasteiger partial charge in [0.05, 0.1) is 35.6 Å². The Kier molecular flexibility index (Phi) is 3.15. The molecule has 0 aromatic carbocycles. The third-order valence-electron chi connectivity index (χ3n) is 5.09. The van der Waals surface area contributed by atoms with Gasteiger partial charge in [-0.05, 0) is 31.9 Å². The SMILES string of the molecule is Cc1cn(-c2ccc(Nc3ncc4c(n3)N(C)C3(CC3)CO4)nc2)cn1. The Hall–Kier alpha value is -3.16. The molecule has 1 aliphatic carbocycles. The van der Waals surface area contributed by atoms with E-state index in [1.807, 2.05) is 29.8 Å². The summed E-state index contributed by atoms with van der Waals surface area (Å²) in [5, 5.41) is 3.17. The Labute approximate surface area is 150 Å². The number of imidazole rings is 1. The number of likely N-dealkylation sites (N-methyl/N-ethyl adjacent to an activating group) is 1. The number of nitrogens with one attached hydrogen (secondary N) is 1. The number of anilines is 3. The highest BCUT2D eigenvalue weighted by atomic mass is 16.5. The van der Waals surface area contributed by atoms with Crippen LogP contribution in [0.1, 0.15) is 18.5 Å². The molecule has 1 aliphatic heterocycles. The molecule has 26 heavy (non-hydrogen) atoms. The van der Waals surface area contributed by atoms with Crippen LogP contribution in [-0.2, 0) is 0 Å². The topological polar surface area (TPSA) is 81.0 Å². The third-order valence-corrected chi connectivity index (χ3v) is 5.09. The van der Waals surface area contributed by atoms with Gasteiger partial charge >= 0.3 is 0 Å². The first-order valence-corrected chi connectivity index (χ1v) is 8.61. The number of ether oxygens (including phenoxy) is 1. The van der Waals surface area contributed by atoms with Gasteiger partial charge in [-0.25, -0.2) is 15.0 Å². The fourth-order valence-electron chi connectivity index (χ4n) is 3.21. The molecule has 5 rings (SSSR count). The molecule has 8 heteroatoms. The predicted molar refractivity (Wildman–Crippen MR) is 97.3 cm³/mol. The van der Waals surface area contributed by atoms with E-state index in [0.717, 1.165) is 35.8 Å². The maximum Gasteiger partial charge on any atom is 0.230 e. The second-order valence-corrected chi connectivity index (χ2v) is 6.90. The summed E-state index contributed by atoms with van der Waals surface area (Å²) in [6.45, 7) is 2.67. The number of pyridine rings is 1. The van der Waals surface area contributed by atoms with Crippen molar-refractivity contribution in [3.05, 3.63) is 42.7 Å². The minimum Gasteiger partial charge on any atom is -0.486 e. The smallest absolute Gasteiger partial charge is 0.230 e. The summed E-state index contributed by atoms with van der Waals surface area (Å²) in [7, 11) is 2.07. The van der Waals surface area contributed by atoms with Crippen LogP contribution in [0, 0.1) is 6.92 Å². The van der Waals surface area contributed by atoms with Gasteiger partial charge in [0.1, 0.15) is 12.4 Å². The third kappa shape index (κ3) is 2.45. The molecule has 132 valence electrons. The highest BCUT2D eigenvalue weighted by molar-refractivity contribution is 5.61. The molecule has 1 saturated carbocycles. The summed E-state index contributed by atoms with van der Waals surface area (Å²) in [5.41, 5.74) is 2.04. The maximum absolute atomic E-state index is 5.82. The highest BCUT2D eigenvalue weighted by Gasteiger charge is 2.51. The molecule has 8 nitrogen and oxygen atoms in total. The van der Waals surface area contributed by atoms with Crippen LogP contribution in [0.5, 0.6) is 5.75 Å². The first-order valence-electron chi connectivity index (χ1n) is 8.61. The Balaban J connectivity index is 1.37. The first kappa shape index (κ1) is 15.1. The van der Waals surface area contributed by atoms with E-state index >= 15 is 0 Å². The van der Waals surface area contributed by atoms with Crippen molar-refractivity contribution < 1.29 is 4.74 Å². The Bertz CT molecular complexity index is 962. The van der Waals surface area contributed by atoms with Crippen molar-refractivity contribution in [3.63, 3.8) is 0 Å². The second kappa shape index (κ2) is 5.42. The molecule has 0 bridgehead atoms. The van der Waals surface area contributed by atoms with Crippen LogP contribution >= 0.6 is 0 Å². The maximum atomic E-state index is 5.82. The molecule has 3 aromatic heterocycles. The lowest BCUT2D eigenvalue weighted by molar-refractivity contribution is 0.253. The molecular weight excluding hydrogens is 330 g/mol. The number of nitrogens with zero attached hydrogens (tertiary/aromatic N) is 6. The van der Waals surface area contributed by atoms with E-state index in [1.54, 1.807) is 18.7 Å². The lowest BCUT2D eigenvalue weighted by Crippen LogP contribution is -2.43. The van der Waals surface area contributed by atoms with E-state index in [9.17, 15) is 0 Å². The van der Waals surface area contributed by atoms with E-state index in [0.29, 0.717) is 18.4 Å². The van der Waals surface area contributed by atoms with Gasteiger partial charge in [0, 0.05) is 13.2 Å². The fourth-order valence-corrected chi connectivity index (χ4v) is 3.21. The van der Waals surface area contributed by atoms with Crippen molar-refractivity contribution in [2.24, 2.45) is 0 Å². The van der Waals surface area contributed by atoms with Gasteiger partial charge in [0.15, 0.2) is 11.6 Å². The van der Waals surface area contributed by atoms with Crippen molar-refractivity contribution in [1.82, 2.24) is 24.5 Å². The van der Waals surface area contributed by atoms with Gasteiger partial charge in [0.25, 0.3) is 0 Å². The van der Waals surface area contributed by atoms with Crippen molar-refractivity contribution >= 4 is 17.6 Å². The van der Waals surface area contributed by atoms with Crippen molar-refractivity contribution in [3.8, 4) is 11.4 Å². The Morgan fingerprint density at radius 3 is 2.73 bits per heavy atom. The second-order valence-electron chi connectivity index (χ2n) is 6.90. The molecule has 0 saturated heterocycles. The number of aromatic nitrogens is 5. The molecular formula is C18H19N7O. The van der Waals surface area contributed by atoms with Crippen LogP contribution in [0.15, 0.2) is 37.1 Å². The summed E-state index contributed by atoms with van der Waals surface area (Å²) >= 11 is 0. The molecule has 0 radical (unpaired) electrons. The molecule has 4 heterocycles. The standard InChI is InChI=1S/C18H19N7O/c1-12-9-25(11-21-12)13-3-4-15(19-7-13)22-17-20-8-14-16(23-17)24(2)18(5-6-18)10-26-14/h3-4,7-9,11H,5-6,10H2,1-2H3,(H,19,20,22,23). The van der Waals surface area contributed by atoms with Crippen LogP contribution < -0.4 is 15.0 Å². The van der Waals surface area contributed by atoms with Gasteiger partial charge in [-0.15, -0.1) is 0 Å². The normalized spacial score (nSPS) is 16.9. The lowest BCUT2D eigenvalue weighted by Gasteiger charge is -2.34. The first-order chi connectivity index (χ1) is 12.6. The van der Waals surface area contributed by atoms with Gasteiger partial charge < -0.3 is 19.5 Å². The van der Waals surface area contributed by atoms with Gasteiger partial charge in [-0.2, -0.15) is 4.98 Å². The van der Waals surface area contributed by atoms with E-state index in [4.69, 9.17) is 4.74 Å². The molecule has 1 N–H and O–H groups in total. The lowest BCUT2D eigenvalue weighted by atomic mass is 10.2. The van der Waals surface area contributed by atoms with Crippen LogP contribution in [0.2, 0.25) is 0 Å².